The van der Waals surface area contributed by atoms with E-state index in [0.29, 0.717) is 11.6 Å². The molecule has 1 heterocycles. The molecule has 0 aliphatic rings. The third-order valence-electron chi connectivity index (χ3n) is 1.36. The maximum absolute atomic E-state index is 11.1. The van der Waals surface area contributed by atoms with Crippen LogP contribution in [0.15, 0.2) is 28.8 Å². The van der Waals surface area contributed by atoms with Crippen LogP contribution in [0.25, 0.3) is 0 Å². The quantitative estimate of drug-likeness (QED) is 0.652. The largest absolute Gasteiger partial charge is 0.328 e. The van der Waals surface area contributed by atoms with Crippen molar-refractivity contribution in [1.29, 1.82) is 0 Å². The second-order valence-corrected chi connectivity index (χ2v) is 2.87. The topological polar surface area (TPSA) is 26.9 Å². The number of aryl methyl sites for hydroxylation is 1. The van der Waals surface area contributed by atoms with Crippen molar-refractivity contribution in [3.8, 4) is 0 Å². The van der Waals surface area contributed by atoms with Crippen LogP contribution in [-0.4, -0.2) is 9.13 Å². The normalized spacial score (nSPS) is 10.0. The maximum atomic E-state index is 11.1. The fourth-order valence-electron chi connectivity index (χ4n) is 0.816. The number of allylic oxidation sites excluding steroid dienone is 1. The highest BCUT2D eigenvalue weighted by atomic mass is 35.5. The summed E-state index contributed by atoms with van der Waals surface area (Å²) < 4.78 is 2.98. The van der Waals surface area contributed by atoms with Gasteiger partial charge in [-0.3, -0.25) is 4.57 Å². The van der Waals surface area contributed by atoms with Crippen molar-refractivity contribution in [3.63, 3.8) is 0 Å². The number of nitrogens with zero attached hydrogens (tertiary/aromatic N) is 2. The van der Waals surface area contributed by atoms with Crippen molar-refractivity contribution in [3.05, 3.63) is 34.5 Å². The van der Waals surface area contributed by atoms with E-state index in [9.17, 15) is 4.79 Å². The molecule has 0 saturated carbocycles. The fourth-order valence-corrected chi connectivity index (χ4v) is 0.945. The zero-order chi connectivity index (χ0) is 8.43. The van der Waals surface area contributed by atoms with E-state index in [0.717, 1.165) is 0 Å². The molecule has 11 heavy (non-hydrogen) atoms. The summed E-state index contributed by atoms with van der Waals surface area (Å²) in [7, 11) is 1.69. The highest BCUT2D eigenvalue weighted by molar-refractivity contribution is 6.29. The summed E-state index contributed by atoms with van der Waals surface area (Å²) in [4.78, 5) is 11.1. The van der Waals surface area contributed by atoms with E-state index < -0.39 is 0 Å². The standard InChI is InChI=1S/C7H9ClN2O/c1-6(8)5-10-4-3-9(2)7(10)11/h3-4H,1,5H2,2H3. The van der Waals surface area contributed by atoms with Gasteiger partial charge in [0.1, 0.15) is 0 Å². The van der Waals surface area contributed by atoms with Crippen LogP contribution in [0.4, 0.5) is 0 Å². The lowest BCUT2D eigenvalue weighted by molar-refractivity contribution is 0.725. The number of imidazole rings is 1. The van der Waals surface area contributed by atoms with Gasteiger partial charge in [-0.2, -0.15) is 0 Å². The van der Waals surface area contributed by atoms with E-state index in [-0.39, 0.29) is 5.69 Å². The van der Waals surface area contributed by atoms with Crippen molar-refractivity contribution in [2.45, 2.75) is 6.54 Å². The van der Waals surface area contributed by atoms with Crippen molar-refractivity contribution in [1.82, 2.24) is 9.13 Å². The number of halogens is 1. The first-order chi connectivity index (χ1) is 5.11. The Morgan fingerprint density at radius 3 is 2.73 bits per heavy atom. The molecule has 0 fully saturated rings. The smallest absolute Gasteiger partial charge is 0.302 e. The average Bonchev–Trinajstić information content (AvgIpc) is 2.18. The molecule has 0 amide bonds. The van der Waals surface area contributed by atoms with E-state index in [1.54, 1.807) is 19.4 Å². The first-order valence-corrected chi connectivity index (χ1v) is 3.54. The van der Waals surface area contributed by atoms with Gasteiger partial charge in [0.05, 0.1) is 6.54 Å². The second-order valence-electron chi connectivity index (χ2n) is 2.34. The molecule has 0 aliphatic carbocycles. The Morgan fingerprint density at radius 1 is 1.73 bits per heavy atom. The van der Waals surface area contributed by atoms with Crippen LogP contribution in [0.3, 0.4) is 0 Å². The first kappa shape index (κ1) is 8.14. The summed E-state index contributed by atoms with van der Waals surface area (Å²) >= 11 is 5.53. The predicted molar refractivity (Wildman–Crippen MR) is 44.7 cm³/mol. The summed E-state index contributed by atoms with van der Waals surface area (Å²) in [6.45, 7) is 3.87. The number of hydrogen-bond donors (Lipinski definition) is 0. The lowest BCUT2D eigenvalue weighted by atomic mass is 10.6. The van der Waals surface area contributed by atoms with Gasteiger partial charge in [-0.1, -0.05) is 18.2 Å². The van der Waals surface area contributed by atoms with Crippen LogP contribution in [0.1, 0.15) is 0 Å². The Balaban J connectivity index is 2.97. The third kappa shape index (κ3) is 1.74. The van der Waals surface area contributed by atoms with E-state index in [4.69, 9.17) is 11.6 Å². The van der Waals surface area contributed by atoms with Gasteiger partial charge in [-0.25, -0.2) is 4.79 Å². The number of rotatable bonds is 2. The molecule has 0 atom stereocenters. The molecule has 0 N–H and O–H groups in total. The van der Waals surface area contributed by atoms with Crippen molar-refractivity contribution >= 4 is 11.6 Å². The summed E-state index contributed by atoms with van der Waals surface area (Å²) in [6, 6.07) is 0. The van der Waals surface area contributed by atoms with Crippen molar-refractivity contribution < 1.29 is 0 Å². The van der Waals surface area contributed by atoms with Gasteiger partial charge in [0, 0.05) is 24.5 Å². The highest BCUT2D eigenvalue weighted by Crippen LogP contribution is 1.98. The summed E-state index contributed by atoms with van der Waals surface area (Å²) in [5.41, 5.74) is -0.0770. The van der Waals surface area contributed by atoms with Gasteiger partial charge in [0.2, 0.25) is 0 Å². The Kier molecular flexibility index (Phi) is 2.19. The zero-order valence-corrected chi connectivity index (χ0v) is 7.01. The van der Waals surface area contributed by atoms with Crippen molar-refractivity contribution in [2.75, 3.05) is 0 Å². The van der Waals surface area contributed by atoms with E-state index in [1.165, 1.54) is 9.13 Å². The molecule has 0 saturated heterocycles. The molecule has 60 valence electrons. The Morgan fingerprint density at radius 2 is 2.36 bits per heavy atom. The molecule has 1 rings (SSSR count). The van der Waals surface area contributed by atoms with Gasteiger partial charge >= 0.3 is 5.69 Å². The zero-order valence-electron chi connectivity index (χ0n) is 6.25. The second kappa shape index (κ2) is 2.96. The van der Waals surface area contributed by atoms with E-state index in [1.807, 2.05) is 0 Å². The molecule has 0 unspecified atom stereocenters. The van der Waals surface area contributed by atoms with E-state index >= 15 is 0 Å². The lowest BCUT2D eigenvalue weighted by Gasteiger charge is -1.95. The van der Waals surface area contributed by atoms with Crippen LogP contribution >= 0.6 is 11.6 Å². The molecule has 0 spiro atoms. The monoisotopic (exact) mass is 172 g/mol. The molecular weight excluding hydrogens is 164 g/mol. The van der Waals surface area contributed by atoms with Gasteiger partial charge in [-0.05, 0) is 0 Å². The summed E-state index contributed by atoms with van der Waals surface area (Å²) in [6.07, 6.45) is 3.36. The fraction of sp³-hybridized carbons (Fsp3) is 0.286. The molecule has 0 aliphatic heterocycles. The molecule has 1 aromatic rings. The molecule has 0 aromatic carbocycles. The Hall–Kier alpha value is -0.960. The molecular formula is C7H9ClN2O. The minimum atomic E-state index is -0.0770. The minimum Gasteiger partial charge on any atom is -0.302 e. The molecule has 3 nitrogen and oxygen atoms in total. The maximum Gasteiger partial charge on any atom is 0.328 e. The van der Waals surface area contributed by atoms with Crippen LogP contribution in [0.5, 0.6) is 0 Å². The van der Waals surface area contributed by atoms with Gasteiger partial charge in [0.15, 0.2) is 0 Å². The van der Waals surface area contributed by atoms with Gasteiger partial charge in [0.25, 0.3) is 0 Å². The Labute approximate surface area is 69.5 Å². The van der Waals surface area contributed by atoms with Crippen molar-refractivity contribution in [2.24, 2.45) is 7.05 Å². The minimum absolute atomic E-state index is 0.0770. The average molecular weight is 173 g/mol. The molecule has 0 bridgehead atoms. The predicted octanol–water partition coefficient (Wildman–Crippen LogP) is 0.939. The molecule has 1 aromatic heterocycles. The first-order valence-electron chi connectivity index (χ1n) is 3.16. The third-order valence-corrected chi connectivity index (χ3v) is 1.48. The summed E-state index contributed by atoms with van der Waals surface area (Å²) in [5, 5.41) is 0.457. The molecule has 4 heteroatoms. The number of aromatic nitrogens is 2. The van der Waals surface area contributed by atoms with Crippen LogP contribution in [0.2, 0.25) is 0 Å². The SMILES string of the molecule is C=C(Cl)Cn1ccn(C)c1=O. The highest BCUT2D eigenvalue weighted by Gasteiger charge is 1.98. The Bertz CT molecular complexity index is 323. The van der Waals surface area contributed by atoms with Crippen LogP contribution in [0, 0.1) is 0 Å². The molecule has 0 radical (unpaired) electrons. The van der Waals surface area contributed by atoms with Gasteiger partial charge < -0.3 is 4.57 Å². The summed E-state index contributed by atoms with van der Waals surface area (Å²) in [5.74, 6) is 0. The van der Waals surface area contributed by atoms with Crippen LogP contribution < -0.4 is 5.69 Å². The van der Waals surface area contributed by atoms with E-state index in [2.05, 4.69) is 6.58 Å². The lowest BCUT2D eigenvalue weighted by Crippen LogP contribution is -2.21. The van der Waals surface area contributed by atoms with Crippen LogP contribution in [-0.2, 0) is 13.6 Å². The number of hydrogen-bond acceptors (Lipinski definition) is 1. The van der Waals surface area contributed by atoms with Gasteiger partial charge in [-0.15, -0.1) is 0 Å².